The number of anilines is 2. The predicted octanol–water partition coefficient (Wildman–Crippen LogP) is 5.91. The number of amides is 1. The van der Waals surface area contributed by atoms with Gasteiger partial charge in [-0.1, -0.05) is 47.1 Å². The molecule has 5 aromatic rings. The molecule has 7 nitrogen and oxygen atoms in total. The molecule has 1 aliphatic rings. The summed E-state index contributed by atoms with van der Waals surface area (Å²) in [5, 5.41) is 12.8. The van der Waals surface area contributed by atoms with E-state index in [4.69, 9.17) is 16.3 Å². The molecule has 6 rings (SSSR count). The summed E-state index contributed by atoms with van der Waals surface area (Å²) in [6.45, 7) is 0.468. The van der Waals surface area contributed by atoms with E-state index in [2.05, 4.69) is 21.7 Å². The number of ether oxygens (including phenoxy) is 1. The van der Waals surface area contributed by atoms with Crippen LogP contribution in [0.5, 0.6) is 5.75 Å². The topological polar surface area (TPSA) is 72.3 Å². The summed E-state index contributed by atoms with van der Waals surface area (Å²) in [5.74, 6) is 0.648. The molecule has 0 radical (unpaired) electrons. The van der Waals surface area contributed by atoms with Gasteiger partial charge in [-0.05, 0) is 66.2 Å². The van der Waals surface area contributed by atoms with Crippen LogP contribution in [-0.2, 0) is 6.54 Å². The lowest BCUT2D eigenvalue weighted by atomic mass is 10.0. The normalized spacial score (nSPS) is 15.0. The minimum absolute atomic E-state index is 0.0867. The molecule has 1 unspecified atom stereocenters. The molecule has 0 saturated heterocycles. The van der Waals surface area contributed by atoms with Crippen molar-refractivity contribution in [1.82, 2.24) is 15.0 Å². The number of para-hydroxylation sites is 2. The number of carbonyl (C=O) groups excluding carboxylic acids is 1. The molecule has 1 N–H and O–H groups in total. The van der Waals surface area contributed by atoms with Crippen LogP contribution in [0.25, 0.3) is 11.0 Å². The maximum absolute atomic E-state index is 13.7. The second kappa shape index (κ2) is 9.02. The summed E-state index contributed by atoms with van der Waals surface area (Å²) in [6, 6.07) is 28.6. The number of nitrogens with one attached hydrogen (secondary N) is 1. The van der Waals surface area contributed by atoms with Gasteiger partial charge in [-0.25, -0.2) is 4.68 Å². The van der Waals surface area contributed by atoms with E-state index in [9.17, 15) is 4.79 Å². The Bertz CT molecular complexity index is 1580. The lowest BCUT2D eigenvalue weighted by Gasteiger charge is -2.38. The van der Waals surface area contributed by atoms with Crippen LogP contribution in [0.3, 0.4) is 0 Å². The van der Waals surface area contributed by atoms with Gasteiger partial charge in [-0.3, -0.25) is 9.69 Å². The predicted molar refractivity (Wildman–Crippen MR) is 141 cm³/mol. The van der Waals surface area contributed by atoms with E-state index in [1.165, 1.54) is 0 Å². The zero-order valence-corrected chi connectivity index (χ0v) is 20.2. The maximum atomic E-state index is 13.7. The largest absolute Gasteiger partial charge is 0.496 e. The van der Waals surface area contributed by atoms with E-state index >= 15 is 0 Å². The molecule has 1 aliphatic heterocycles. The SMILES string of the molecule is COc1ccc(C2Nc3ccccc3C(=O)N2c2ccc(Cl)cc2)cc1Cn1nnc2ccccc21. The van der Waals surface area contributed by atoms with Gasteiger partial charge in [0.15, 0.2) is 0 Å². The highest BCUT2D eigenvalue weighted by Gasteiger charge is 2.34. The van der Waals surface area contributed by atoms with Gasteiger partial charge < -0.3 is 10.1 Å². The van der Waals surface area contributed by atoms with Gasteiger partial charge in [0.1, 0.15) is 17.4 Å². The van der Waals surface area contributed by atoms with E-state index in [0.717, 1.165) is 39.3 Å². The molecular formula is C28H22ClN5O2. The first-order valence-electron chi connectivity index (χ1n) is 11.5. The zero-order valence-electron chi connectivity index (χ0n) is 19.4. The summed E-state index contributed by atoms with van der Waals surface area (Å²) in [7, 11) is 1.65. The number of rotatable bonds is 5. The molecule has 0 bridgehead atoms. The fraction of sp³-hybridized carbons (Fsp3) is 0.107. The molecule has 8 heteroatoms. The molecule has 0 spiro atoms. The Labute approximate surface area is 212 Å². The van der Waals surface area contributed by atoms with Crippen LogP contribution in [0.1, 0.15) is 27.7 Å². The van der Waals surface area contributed by atoms with Gasteiger partial charge in [-0.15, -0.1) is 5.10 Å². The highest BCUT2D eigenvalue weighted by Crippen LogP contribution is 2.38. The second-order valence-corrected chi connectivity index (χ2v) is 8.99. The van der Waals surface area contributed by atoms with E-state index in [1.807, 2.05) is 77.5 Å². The van der Waals surface area contributed by atoms with Crippen LogP contribution in [-0.4, -0.2) is 28.0 Å². The lowest BCUT2D eigenvalue weighted by molar-refractivity contribution is 0.0975. The van der Waals surface area contributed by atoms with E-state index in [1.54, 1.807) is 24.1 Å². The standard InChI is InChI=1S/C28H22ClN5O2/c1-36-26-15-10-18(16-19(26)17-33-25-9-5-4-8-24(25)31-32-33)27-30-23-7-3-2-6-22(23)28(35)34(27)21-13-11-20(29)12-14-21/h2-16,27,30H,17H2,1H3. The molecular weight excluding hydrogens is 474 g/mol. The summed E-state index contributed by atoms with van der Waals surface area (Å²) < 4.78 is 7.52. The third kappa shape index (κ3) is 3.83. The third-order valence-electron chi connectivity index (χ3n) is 6.39. The molecule has 0 fully saturated rings. The maximum Gasteiger partial charge on any atom is 0.262 e. The first-order chi connectivity index (χ1) is 17.6. The van der Waals surface area contributed by atoms with Gasteiger partial charge >= 0.3 is 0 Å². The molecule has 1 aromatic heterocycles. The average Bonchev–Trinajstić information content (AvgIpc) is 3.32. The molecule has 1 atom stereocenters. The van der Waals surface area contributed by atoms with E-state index in [0.29, 0.717) is 17.1 Å². The van der Waals surface area contributed by atoms with Crippen molar-refractivity contribution < 1.29 is 9.53 Å². The summed E-state index contributed by atoms with van der Waals surface area (Å²) in [5.41, 5.74) is 5.76. The van der Waals surface area contributed by atoms with E-state index < -0.39 is 6.17 Å². The number of aromatic nitrogens is 3. The number of methoxy groups -OCH3 is 1. The first-order valence-corrected chi connectivity index (χ1v) is 11.9. The van der Waals surface area contributed by atoms with Crippen LogP contribution in [0.15, 0.2) is 91.0 Å². The second-order valence-electron chi connectivity index (χ2n) is 8.55. The van der Waals surface area contributed by atoms with Gasteiger partial charge in [0.25, 0.3) is 5.91 Å². The number of hydrogen-bond acceptors (Lipinski definition) is 5. The monoisotopic (exact) mass is 495 g/mol. The molecule has 1 amide bonds. The molecule has 0 aliphatic carbocycles. The lowest BCUT2D eigenvalue weighted by Crippen LogP contribution is -2.43. The fourth-order valence-electron chi connectivity index (χ4n) is 4.64. The smallest absolute Gasteiger partial charge is 0.262 e. The summed E-state index contributed by atoms with van der Waals surface area (Å²) >= 11 is 6.14. The van der Waals surface area contributed by atoms with Crippen molar-refractivity contribution in [1.29, 1.82) is 0 Å². The molecule has 0 saturated carbocycles. The molecule has 2 heterocycles. The first kappa shape index (κ1) is 22.1. The molecule has 178 valence electrons. The van der Waals surface area contributed by atoms with Crippen molar-refractivity contribution in [2.45, 2.75) is 12.7 Å². The van der Waals surface area contributed by atoms with Crippen LogP contribution < -0.4 is 15.0 Å². The Morgan fingerprint density at radius 3 is 2.58 bits per heavy atom. The Kier molecular flexibility index (Phi) is 5.54. The van der Waals surface area contributed by atoms with Crippen molar-refractivity contribution in [2.24, 2.45) is 0 Å². The van der Waals surface area contributed by atoms with Crippen LogP contribution in [0.4, 0.5) is 11.4 Å². The number of nitrogens with zero attached hydrogens (tertiary/aromatic N) is 4. The minimum Gasteiger partial charge on any atom is -0.496 e. The van der Waals surface area contributed by atoms with Crippen LogP contribution in [0, 0.1) is 0 Å². The summed E-state index contributed by atoms with van der Waals surface area (Å²) in [4.78, 5) is 15.5. The third-order valence-corrected chi connectivity index (χ3v) is 6.64. The number of hydrogen-bond donors (Lipinski definition) is 1. The number of carbonyl (C=O) groups is 1. The zero-order chi connectivity index (χ0) is 24.6. The molecule has 4 aromatic carbocycles. The van der Waals surface area contributed by atoms with Gasteiger partial charge in [0.05, 0.1) is 24.7 Å². The van der Waals surface area contributed by atoms with Crippen LogP contribution >= 0.6 is 11.6 Å². The Hall–Kier alpha value is -4.36. The minimum atomic E-state index is -0.439. The van der Waals surface area contributed by atoms with Gasteiger partial charge in [0, 0.05) is 22.0 Å². The number of benzene rings is 4. The van der Waals surface area contributed by atoms with Crippen molar-refractivity contribution in [2.75, 3.05) is 17.3 Å². The Balaban J connectivity index is 1.44. The Morgan fingerprint density at radius 2 is 1.75 bits per heavy atom. The van der Waals surface area contributed by atoms with Gasteiger partial charge in [-0.2, -0.15) is 0 Å². The average molecular weight is 496 g/mol. The highest BCUT2D eigenvalue weighted by atomic mass is 35.5. The Morgan fingerprint density at radius 1 is 0.972 bits per heavy atom. The molecule has 36 heavy (non-hydrogen) atoms. The quantitative estimate of drug-likeness (QED) is 0.328. The number of halogens is 1. The van der Waals surface area contributed by atoms with Crippen LogP contribution in [0.2, 0.25) is 5.02 Å². The van der Waals surface area contributed by atoms with Crippen molar-refractivity contribution >= 4 is 39.9 Å². The van der Waals surface area contributed by atoms with Crippen molar-refractivity contribution in [3.05, 3.63) is 113 Å². The fourth-order valence-corrected chi connectivity index (χ4v) is 4.77. The van der Waals surface area contributed by atoms with E-state index in [-0.39, 0.29) is 5.91 Å². The summed E-state index contributed by atoms with van der Waals surface area (Å²) in [6.07, 6.45) is -0.439. The number of fused-ring (bicyclic) bond motifs is 2. The van der Waals surface area contributed by atoms with Gasteiger partial charge in [0.2, 0.25) is 0 Å². The van der Waals surface area contributed by atoms with Crippen molar-refractivity contribution in [3.8, 4) is 5.75 Å². The van der Waals surface area contributed by atoms with Crippen molar-refractivity contribution in [3.63, 3.8) is 0 Å². The highest BCUT2D eigenvalue weighted by molar-refractivity contribution is 6.30.